The van der Waals surface area contributed by atoms with Crippen LogP contribution in [0.2, 0.25) is 0 Å². The van der Waals surface area contributed by atoms with E-state index in [1.54, 1.807) is 60.7 Å². The summed E-state index contributed by atoms with van der Waals surface area (Å²) >= 11 is 1.50. The van der Waals surface area contributed by atoms with Gasteiger partial charge in [0.25, 0.3) is 15.9 Å². The number of carbonyl (C=O) groups is 1. The zero-order valence-electron chi connectivity index (χ0n) is 17.7. The van der Waals surface area contributed by atoms with Gasteiger partial charge in [0, 0.05) is 18.1 Å². The molecule has 0 fully saturated rings. The van der Waals surface area contributed by atoms with E-state index >= 15 is 0 Å². The van der Waals surface area contributed by atoms with Gasteiger partial charge in [-0.1, -0.05) is 48.5 Å². The SMILES string of the molecule is O=C(NCCSCc1ccccc1F)[C@@H]1CN(S(=O)(=O)c2ccccc2)c2ccccc2O1. The maximum Gasteiger partial charge on any atom is 0.264 e. The quantitative estimate of drug-likeness (QED) is 0.490. The van der Waals surface area contributed by atoms with E-state index in [4.69, 9.17) is 4.74 Å². The van der Waals surface area contributed by atoms with Gasteiger partial charge in [0.1, 0.15) is 11.6 Å². The van der Waals surface area contributed by atoms with E-state index in [0.29, 0.717) is 35.1 Å². The Bertz CT molecular complexity index is 1220. The Kier molecular flexibility index (Phi) is 7.20. The van der Waals surface area contributed by atoms with Crippen molar-refractivity contribution in [1.29, 1.82) is 0 Å². The number of para-hydroxylation sites is 2. The van der Waals surface area contributed by atoms with E-state index < -0.39 is 22.0 Å². The molecule has 0 unspecified atom stereocenters. The summed E-state index contributed by atoms with van der Waals surface area (Å²) in [5, 5.41) is 2.80. The molecule has 0 saturated carbocycles. The Balaban J connectivity index is 1.40. The van der Waals surface area contributed by atoms with Crippen LogP contribution in [0, 0.1) is 5.82 Å². The van der Waals surface area contributed by atoms with Crippen LogP contribution in [0.3, 0.4) is 0 Å². The monoisotopic (exact) mass is 486 g/mol. The first-order chi connectivity index (χ1) is 16.0. The van der Waals surface area contributed by atoms with Gasteiger partial charge in [-0.15, -0.1) is 0 Å². The number of hydrogen-bond donors (Lipinski definition) is 1. The molecule has 172 valence electrons. The van der Waals surface area contributed by atoms with Crippen molar-refractivity contribution in [3.63, 3.8) is 0 Å². The smallest absolute Gasteiger partial charge is 0.264 e. The molecule has 4 rings (SSSR count). The Morgan fingerprint density at radius 2 is 1.73 bits per heavy atom. The normalized spacial score (nSPS) is 15.4. The molecule has 0 aromatic heterocycles. The molecule has 1 heterocycles. The standard InChI is InChI=1S/C24H23FN2O4S2/c25-20-11-5-4-8-18(20)17-32-15-14-26-24(28)23-16-27(21-12-6-7-13-22(21)31-23)33(29,30)19-9-2-1-3-10-19/h1-13,23H,14-17H2,(H,26,28)/t23-/m0/s1. The number of fused-ring (bicyclic) bond motifs is 1. The summed E-state index contributed by atoms with van der Waals surface area (Å²) in [6.45, 7) is 0.216. The fourth-order valence-electron chi connectivity index (χ4n) is 3.44. The van der Waals surface area contributed by atoms with Gasteiger partial charge in [-0.2, -0.15) is 11.8 Å². The molecular weight excluding hydrogens is 463 g/mol. The second-order valence-electron chi connectivity index (χ2n) is 7.36. The van der Waals surface area contributed by atoms with E-state index in [1.807, 2.05) is 0 Å². The van der Waals surface area contributed by atoms with Crippen molar-refractivity contribution in [1.82, 2.24) is 5.32 Å². The van der Waals surface area contributed by atoms with Crippen LogP contribution in [0.5, 0.6) is 5.75 Å². The molecule has 1 aliphatic heterocycles. The summed E-state index contributed by atoms with van der Waals surface area (Å²) in [5.41, 5.74) is 1.01. The number of halogens is 1. The highest BCUT2D eigenvalue weighted by molar-refractivity contribution is 7.98. The number of nitrogens with zero attached hydrogens (tertiary/aromatic N) is 1. The number of ether oxygens (including phenoxy) is 1. The molecular formula is C24H23FN2O4S2. The van der Waals surface area contributed by atoms with Gasteiger partial charge in [0.2, 0.25) is 0 Å². The van der Waals surface area contributed by atoms with Crippen LogP contribution < -0.4 is 14.4 Å². The third-order valence-electron chi connectivity index (χ3n) is 5.12. The average molecular weight is 487 g/mol. The van der Waals surface area contributed by atoms with Crippen LogP contribution in [0.1, 0.15) is 5.56 Å². The predicted octanol–water partition coefficient (Wildman–Crippen LogP) is 3.83. The van der Waals surface area contributed by atoms with E-state index in [-0.39, 0.29) is 17.3 Å². The third kappa shape index (κ3) is 5.31. The maximum atomic E-state index is 13.7. The van der Waals surface area contributed by atoms with Crippen LogP contribution in [0.4, 0.5) is 10.1 Å². The number of hydrogen-bond acceptors (Lipinski definition) is 5. The Labute approximate surface area is 196 Å². The molecule has 3 aromatic rings. The van der Waals surface area contributed by atoms with Crippen LogP contribution in [-0.2, 0) is 20.6 Å². The number of amides is 1. The third-order valence-corrected chi connectivity index (χ3v) is 7.92. The summed E-state index contributed by atoms with van der Waals surface area (Å²) in [7, 11) is -3.87. The van der Waals surface area contributed by atoms with Gasteiger partial charge >= 0.3 is 0 Å². The molecule has 3 aromatic carbocycles. The molecule has 0 saturated heterocycles. The fraction of sp³-hybridized carbons (Fsp3) is 0.208. The number of carbonyl (C=O) groups excluding carboxylic acids is 1. The van der Waals surface area contributed by atoms with Crippen molar-refractivity contribution in [2.24, 2.45) is 0 Å². The van der Waals surface area contributed by atoms with Crippen molar-refractivity contribution in [2.45, 2.75) is 16.8 Å². The zero-order valence-corrected chi connectivity index (χ0v) is 19.3. The van der Waals surface area contributed by atoms with Gasteiger partial charge in [-0.3, -0.25) is 9.10 Å². The highest BCUT2D eigenvalue weighted by Gasteiger charge is 2.37. The predicted molar refractivity (Wildman–Crippen MR) is 127 cm³/mol. The summed E-state index contributed by atoms with van der Waals surface area (Å²) in [4.78, 5) is 12.9. The number of benzene rings is 3. The second kappa shape index (κ2) is 10.3. The van der Waals surface area contributed by atoms with E-state index in [1.165, 1.54) is 34.3 Å². The van der Waals surface area contributed by atoms with Gasteiger partial charge in [-0.25, -0.2) is 12.8 Å². The highest BCUT2D eigenvalue weighted by Crippen LogP contribution is 2.36. The van der Waals surface area contributed by atoms with Crippen molar-refractivity contribution >= 4 is 33.4 Å². The molecule has 1 aliphatic rings. The number of rotatable bonds is 8. The van der Waals surface area contributed by atoms with E-state index in [9.17, 15) is 17.6 Å². The summed E-state index contributed by atoms with van der Waals surface area (Å²) in [6.07, 6.45) is -0.991. The number of anilines is 1. The first-order valence-electron chi connectivity index (χ1n) is 10.4. The average Bonchev–Trinajstić information content (AvgIpc) is 2.84. The Hall–Kier alpha value is -3.04. The van der Waals surface area contributed by atoms with E-state index in [2.05, 4.69) is 5.32 Å². The first kappa shape index (κ1) is 23.1. The summed E-state index contributed by atoms with van der Waals surface area (Å²) < 4.78 is 47.3. The van der Waals surface area contributed by atoms with Gasteiger partial charge in [-0.05, 0) is 35.9 Å². The zero-order chi connectivity index (χ0) is 23.3. The lowest BCUT2D eigenvalue weighted by Crippen LogP contribution is -2.51. The minimum absolute atomic E-state index is 0.136. The Morgan fingerprint density at radius 3 is 2.52 bits per heavy atom. The molecule has 1 N–H and O–H groups in total. The largest absolute Gasteiger partial charge is 0.476 e. The molecule has 0 aliphatic carbocycles. The van der Waals surface area contributed by atoms with Crippen LogP contribution in [0.15, 0.2) is 83.8 Å². The lowest BCUT2D eigenvalue weighted by Gasteiger charge is -2.34. The summed E-state index contributed by atoms with van der Waals surface area (Å²) in [5.74, 6) is 0.763. The highest BCUT2D eigenvalue weighted by atomic mass is 32.2. The molecule has 1 atom stereocenters. The minimum atomic E-state index is -3.87. The van der Waals surface area contributed by atoms with Gasteiger partial charge in [0.05, 0.1) is 17.1 Å². The van der Waals surface area contributed by atoms with Gasteiger partial charge in [0.15, 0.2) is 6.10 Å². The number of thioether (sulfide) groups is 1. The number of nitrogens with one attached hydrogen (secondary N) is 1. The van der Waals surface area contributed by atoms with E-state index in [0.717, 1.165) is 0 Å². The molecule has 33 heavy (non-hydrogen) atoms. The first-order valence-corrected chi connectivity index (χ1v) is 13.0. The Morgan fingerprint density at radius 1 is 1.03 bits per heavy atom. The lowest BCUT2D eigenvalue weighted by molar-refractivity contribution is -0.127. The number of sulfonamides is 1. The van der Waals surface area contributed by atoms with Crippen molar-refractivity contribution in [3.8, 4) is 5.75 Å². The maximum absolute atomic E-state index is 13.7. The van der Waals surface area contributed by atoms with Crippen molar-refractivity contribution in [3.05, 3.63) is 90.2 Å². The van der Waals surface area contributed by atoms with Crippen molar-refractivity contribution in [2.75, 3.05) is 23.1 Å². The minimum Gasteiger partial charge on any atom is -0.476 e. The van der Waals surface area contributed by atoms with Gasteiger partial charge < -0.3 is 10.1 Å². The van der Waals surface area contributed by atoms with Crippen LogP contribution >= 0.6 is 11.8 Å². The molecule has 0 radical (unpaired) electrons. The topological polar surface area (TPSA) is 75.7 Å². The molecule has 9 heteroatoms. The summed E-state index contributed by atoms with van der Waals surface area (Å²) in [6, 6.07) is 21.4. The molecule has 6 nitrogen and oxygen atoms in total. The molecule has 0 bridgehead atoms. The fourth-order valence-corrected chi connectivity index (χ4v) is 5.79. The van der Waals surface area contributed by atoms with Crippen LogP contribution in [-0.4, -0.2) is 39.3 Å². The molecule has 1 amide bonds. The lowest BCUT2D eigenvalue weighted by atomic mass is 10.2. The molecule has 0 spiro atoms. The second-order valence-corrected chi connectivity index (χ2v) is 10.3. The van der Waals surface area contributed by atoms with Crippen molar-refractivity contribution < 1.29 is 22.3 Å². The van der Waals surface area contributed by atoms with Crippen LogP contribution in [0.25, 0.3) is 0 Å².